The van der Waals surface area contributed by atoms with Gasteiger partial charge in [-0.05, 0) is 54.5 Å². The summed E-state index contributed by atoms with van der Waals surface area (Å²) < 4.78 is 14.6. The van der Waals surface area contributed by atoms with Crippen molar-refractivity contribution in [3.05, 3.63) is 70.5 Å². The van der Waals surface area contributed by atoms with Crippen molar-refractivity contribution in [2.75, 3.05) is 13.1 Å². The molecule has 0 saturated heterocycles. The molecule has 2 heterocycles. The number of nitrogens with zero attached hydrogens (tertiary/aromatic N) is 2. The maximum absolute atomic E-state index is 14.6. The number of carbonyl (C=O) groups excluding carboxylic acids is 3. The van der Waals surface area contributed by atoms with Gasteiger partial charge in [-0.15, -0.1) is 0 Å². The molecule has 3 atom stereocenters. The second kappa shape index (κ2) is 8.15. The molecule has 1 fully saturated rings. The number of hydrogen-bond acceptors (Lipinski definition) is 3. The Morgan fingerprint density at radius 1 is 1.00 bits per heavy atom. The van der Waals surface area contributed by atoms with Crippen molar-refractivity contribution >= 4 is 17.7 Å². The van der Waals surface area contributed by atoms with Crippen LogP contribution in [0.4, 0.5) is 4.39 Å². The third-order valence-electron chi connectivity index (χ3n) is 7.44. The molecule has 6 heteroatoms. The molecule has 1 saturated carbocycles. The van der Waals surface area contributed by atoms with E-state index in [1.54, 1.807) is 35.2 Å². The van der Waals surface area contributed by atoms with Crippen LogP contribution < -0.4 is 0 Å². The molecule has 32 heavy (non-hydrogen) atoms. The van der Waals surface area contributed by atoms with Crippen molar-refractivity contribution in [3.8, 4) is 0 Å². The van der Waals surface area contributed by atoms with Gasteiger partial charge in [-0.3, -0.25) is 19.3 Å². The van der Waals surface area contributed by atoms with E-state index >= 15 is 0 Å². The molecule has 1 aliphatic carbocycles. The van der Waals surface area contributed by atoms with Crippen LogP contribution >= 0.6 is 0 Å². The van der Waals surface area contributed by atoms with Gasteiger partial charge in [0.2, 0.25) is 5.91 Å². The summed E-state index contributed by atoms with van der Waals surface area (Å²) in [6.45, 7) is 2.55. The van der Waals surface area contributed by atoms with Crippen molar-refractivity contribution in [2.45, 2.75) is 45.1 Å². The number of hydrogen-bond donors (Lipinski definition) is 0. The summed E-state index contributed by atoms with van der Waals surface area (Å²) in [5.41, 5.74) is 2.04. The number of carbonyl (C=O) groups is 3. The average molecular weight is 435 g/mol. The molecule has 3 aliphatic rings. The average Bonchev–Trinajstić information content (AvgIpc) is 3.04. The Morgan fingerprint density at radius 3 is 2.38 bits per heavy atom. The largest absolute Gasteiger partial charge is 0.333 e. The molecule has 0 bridgehead atoms. The number of benzene rings is 2. The monoisotopic (exact) mass is 434 g/mol. The second-order valence-corrected chi connectivity index (χ2v) is 9.24. The molecule has 0 spiro atoms. The molecule has 0 N–H and O–H groups in total. The van der Waals surface area contributed by atoms with Crippen LogP contribution in [0.2, 0.25) is 0 Å². The molecule has 2 aromatic carbocycles. The minimum absolute atomic E-state index is 0.0373. The first-order chi connectivity index (χ1) is 15.5. The lowest BCUT2D eigenvalue weighted by Crippen LogP contribution is -2.49. The van der Waals surface area contributed by atoms with Gasteiger partial charge in [-0.1, -0.05) is 44.0 Å². The van der Waals surface area contributed by atoms with E-state index in [1.807, 2.05) is 6.07 Å². The van der Waals surface area contributed by atoms with Gasteiger partial charge in [0.05, 0.1) is 23.7 Å². The van der Waals surface area contributed by atoms with Crippen LogP contribution in [0.5, 0.6) is 0 Å². The van der Waals surface area contributed by atoms with Gasteiger partial charge in [0.15, 0.2) is 0 Å². The van der Waals surface area contributed by atoms with Crippen molar-refractivity contribution in [2.24, 2.45) is 11.8 Å². The number of fused-ring (bicyclic) bond motifs is 2. The highest BCUT2D eigenvalue weighted by molar-refractivity contribution is 6.21. The highest BCUT2D eigenvalue weighted by atomic mass is 19.1. The van der Waals surface area contributed by atoms with Crippen LogP contribution in [0.1, 0.15) is 70.5 Å². The molecule has 5 rings (SSSR count). The van der Waals surface area contributed by atoms with Gasteiger partial charge >= 0.3 is 0 Å². The zero-order valence-corrected chi connectivity index (χ0v) is 18.2. The highest BCUT2D eigenvalue weighted by Gasteiger charge is 2.42. The standard InChI is InChI=1S/C26H27FN2O3/c1-16-7-2-3-8-17(16)24(30)28-14-13-18-19(11-6-12-22(18)27)23(28)15-29-25(31)20-9-4-5-10-21(20)26(29)32/h4-6,9-12,16-17,23H,2-3,7-8,13-15H2,1H3/t16?,17-,23?/m1/s1. The summed E-state index contributed by atoms with van der Waals surface area (Å²) in [5.74, 6) is -0.713. The third kappa shape index (κ3) is 3.33. The smallest absolute Gasteiger partial charge is 0.261 e. The Bertz CT molecular complexity index is 1060. The van der Waals surface area contributed by atoms with E-state index in [9.17, 15) is 18.8 Å². The number of amides is 3. The third-order valence-corrected chi connectivity index (χ3v) is 7.44. The van der Waals surface area contributed by atoms with Crippen LogP contribution in [-0.4, -0.2) is 40.6 Å². The van der Waals surface area contributed by atoms with E-state index in [4.69, 9.17) is 0 Å². The van der Waals surface area contributed by atoms with Crippen molar-refractivity contribution < 1.29 is 18.8 Å². The summed E-state index contributed by atoms with van der Waals surface area (Å²) in [4.78, 5) is 42.7. The summed E-state index contributed by atoms with van der Waals surface area (Å²) in [7, 11) is 0. The number of imide groups is 1. The zero-order chi connectivity index (χ0) is 22.4. The van der Waals surface area contributed by atoms with E-state index in [0.29, 0.717) is 41.1 Å². The molecule has 2 aliphatic heterocycles. The lowest BCUT2D eigenvalue weighted by Gasteiger charge is -2.42. The first-order valence-electron chi connectivity index (χ1n) is 11.5. The zero-order valence-electron chi connectivity index (χ0n) is 18.2. The van der Waals surface area contributed by atoms with E-state index < -0.39 is 6.04 Å². The molecule has 2 aromatic rings. The SMILES string of the molecule is CC1CCCC[C@H]1C(=O)N1CCc2c(F)cccc2C1CN1C(=O)c2ccccc2C1=O. The lowest BCUT2D eigenvalue weighted by atomic mass is 9.78. The molecule has 3 amide bonds. The van der Waals surface area contributed by atoms with E-state index in [0.717, 1.165) is 25.7 Å². The van der Waals surface area contributed by atoms with Crippen LogP contribution in [0.25, 0.3) is 0 Å². The first kappa shape index (κ1) is 20.9. The molecule has 166 valence electrons. The predicted molar refractivity (Wildman–Crippen MR) is 117 cm³/mol. The topological polar surface area (TPSA) is 57.7 Å². The first-order valence-corrected chi connectivity index (χ1v) is 11.5. The summed E-state index contributed by atoms with van der Waals surface area (Å²) >= 11 is 0. The molecule has 0 aromatic heterocycles. The fraction of sp³-hybridized carbons (Fsp3) is 0.423. The molecular weight excluding hydrogens is 407 g/mol. The fourth-order valence-electron chi connectivity index (χ4n) is 5.64. The van der Waals surface area contributed by atoms with E-state index in [1.165, 1.54) is 11.0 Å². The minimum Gasteiger partial charge on any atom is -0.333 e. The highest BCUT2D eigenvalue weighted by Crippen LogP contribution is 2.38. The quantitative estimate of drug-likeness (QED) is 0.674. The molecular formula is C26H27FN2O3. The number of halogens is 1. The summed E-state index contributed by atoms with van der Waals surface area (Å²) in [6, 6.07) is 11.1. The Balaban J connectivity index is 1.50. The van der Waals surface area contributed by atoms with Crippen LogP contribution in [0.15, 0.2) is 42.5 Å². The predicted octanol–water partition coefficient (Wildman–Crippen LogP) is 4.37. The molecule has 5 nitrogen and oxygen atoms in total. The van der Waals surface area contributed by atoms with E-state index in [-0.39, 0.29) is 36.0 Å². The summed E-state index contributed by atoms with van der Waals surface area (Å²) in [5, 5.41) is 0. The molecule has 2 unspecified atom stereocenters. The van der Waals surface area contributed by atoms with Gasteiger partial charge in [0.25, 0.3) is 11.8 Å². The summed E-state index contributed by atoms with van der Waals surface area (Å²) in [6.07, 6.45) is 4.48. The second-order valence-electron chi connectivity index (χ2n) is 9.24. The lowest BCUT2D eigenvalue weighted by molar-refractivity contribution is -0.141. The Labute approximate surface area is 187 Å². The van der Waals surface area contributed by atoms with Gasteiger partial charge in [-0.2, -0.15) is 0 Å². The maximum atomic E-state index is 14.6. The van der Waals surface area contributed by atoms with Gasteiger partial charge in [-0.25, -0.2) is 4.39 Å². The van der Waals surface area contributed by atoms with Crippen LogP contribution in [-0.2, 0) is 11.2 Å². The molecule has 0 radical (unpaired) electrons. The van der Waals surface area contributed by atoms with Crippen LogP contribution in [0, 0.1) is 17.7 Å². The Morgan fingerprint density at radius 2 is 1.69 bits per heavy atom. The Kier molecular flexibility index (Phi) is 5.31. The van der Waals surface area contributed by atoms with Gasteiger partial charge in [0.1, 0.15) is 5.82 Å². The van der Waals surface area contributed by atoms with Crippen LogP contribution in [0.3, 0.4) is 0 Å². The maximum Gasteiger partial charge on any atom is 0.261 e. The minimum atomic E-state index is -0.543. The fourth-order valence-corrected chi connectivity index (χ4v) is 5.64. The normalized spacial score (nSPS) is 25.0. The van der Waals surface area contributed by atoms with Crippen molar-refractivity contribution in [1.82, 2.24) is 9.80 Å². The van der Waals surface area contributed by atoms with Gasteiger partial charge < -0.3 is 4.90 Å². The number of rotatable bonds is 3. The van der Waals surface area contributed by atoms with Crippen molar-refractivity contribution in [1.29, 1.82) is 0 Å². The van der Waals surface area contributed by atoms with Crippen molar-refractivity contribution in [3.63, 3.8) is 0 Å². The van der Waals surface area contributed by atoms with E-state index in [2.05, 4.69) is 6.92 Å². The Hall–Kier alpha value is -3.02. The van der Waals surface area contributed by atoms with Gasteiger partial charge in [0, 0.05) is 12.5 Å².